The van der Waals surface area contributed by atoms with E-state index in [9.17, 15) is 0 Å². The molecule has 1 aliphatic carbocycles. The van der Waals surface area contributed by atoms with Crippen LogP contribution >= 0.6 is 0 Å². The quantitative estimate of drug-likeness (QED) is 0.152. The smallest absolute Gasteiger partial charge is 0.167 e. The molecule has 0 N–H and O–H groups in total. The van der Waals surface area contributed by atoms with E-state index in [1.54, 1.807) is 0 Å². The zero-order valence-corrected chi connectivity index (χ0v) is 40.5. The number of aryl methyl sites for hydroxylation is 1. The van der Waals surface area contributed by atoms with Gasteiger partial charge in [-0.05, 0) is 118 Å². The predicted octanol–water partition coefficient (Wildman–Crippen LogP) is 17.4. The third-order valence-electron chi connectivity index (χ3n) is 15.3. The minimum Gasteiger partial charge on any atom is -0.455 e. The second kappa shape index (κ2) is 17.3. The molecule has 13 aromatic rings. The molecule has 2 unspecified atom stereocenters. The Morgan fingerprint density at radius 2 is 1.11 bits per heavy atom. The molecule has 0 saturated carbocycles. The number of fused-ring (bicyclic) bond motifs is 9. The molecular weight excluding hydrogens is 889 g/mol. The summed E-state index contributed by atoms with van der Waals surface area (Å²) in [6.07, 6.45) is 0.867. The van der Waals surface area contributed by atoms with Gasteiger partial charge in [-0.2, -0.15) is 0 Å². The highest BCUT2D eigenvalue weighted by Gasteiger charge is 2.32. The summed E-state index contributed by atoms with van der Waals surface area (Å²) in [6.45, 7) is 4.65. The van der Waals surface area contributed by atoms with Gasteiger partial charge in [-0.25, -0.2) is 15.0 Å². The highest BCUT2D eigenvalue weighted by atomic mass is 16.3. The van der Waals surface area contributed by atoms with Gasteiger partial charge in [-0.3, -0.25) is 0 Å². The lowest BCUT2D eigenvalue weighted by Crippen LogP contribution is -2.16. The highest BCUT2D eigenvalue weighted by molar-refractivity contribution is 6.10. The van der Waals surface area contributed by atoms with E-state index < -0.39 is 0 Å². The molecule has 10 aromatic carbocycles. The highest BCUT2D eigenvalue weighted by Crippen LogP contribution is 2.51. The second-order valence-electron chi connectivity index (χ2n) is 19.5. The number of rotatable bonds is 8. The zero-order chi connectivity index (χ0) is 48.6. The van der Waals surface area contributed by atoms with Crippen LogP contribution in [-0.4, -0.2) is 19.5 Å². The topological polar surface area (TPSA) is 56.7 Å². The Labute approximate surface area is 423 Å². The average molecular weight is 937 g/mol. The Kier molecular flexibility index (Phi) is 10.1. The number of hydrogen-bond donors (Lipinski definition) is 0. The predicted molar refractivity (Wildman–Crippen MR) is 299 cm³/mol. The molecule has 5 nitrogen and oxygen atoms in total. The van der Waals surface area contributed by atoms with E-state index in [4.69, 9.17) is 19.4 Å². The van der Waals surface area contributed by atoms with Crippen LogP contribution < -0.4 is 0 Å². The van der Waals surface area contributed by atoms with Crippen LogP contribution in [0.2, 0.25) is 0 Å². The van der Waals surface area contributed by atoms with Gasteiger partial charge in [0, 0.05) is 50.2 Å². The van der Waals surface area contributed by atoms with Crippen molar-refractivity contribution >= 4 is 43.7 Å². The summed E-state index contributed by atoms with van der Waals surface area (Å²) in [6, 6.07) is 82.8. The summed E-state index contributed by atoms with van der Waals surface area (Å²) < 4.78 is 9.22. The third kappa shape index (κ3) is 7.10. The van der Waals surface area contributed by atoms with Crippen LogP contribution in [0.15, 0.2) is 235 Å². The van der Waals surface area contributed by atoms with Gasteiger partial charge < -0.3 is 8.98 Å². The standard InChI is InChI=1S/C68H48N4O/c1-42-19-12-13-26-50(42)54-36-33-48-41-57(51-27-14-15-29-53(51)64(48)63(54)43(2)46-34-37-61-58(39-46)52-28-16-17-32-60(52)72(61)49-24-10-5-11-25-49)47-35-38-62-59(40-47)55-30-18-31-56(65(55)73-62)68-70-66(44-20-6-3-7-21-44)69-67(71-68)45-22-8-4-9-23-45/h3-40,43,57H,41H2,1-2H3. The summed E-state index contributed by atoms with van der Waals surface area (Å²) in [5, 5.41) is 4.63. The SMILES string of the molecule is Cc1ccccc1-c1ccc2c(c1C(C)c1ccc3c(c1)c1ccccc1n3-c1ccccc1)-c1ccccc1C(c1ccc3oc4c(-c5nc(-c6ccccc6)nc(-c6ccccc6)n5)cccc4c3c1)C2. The zero-order valence-electron chi connectivity index (χ0n) is 40.5. The van der Waals surface area contributed by atoms with Gasteiger partial charge in [0.1, 0.15) is 11.2 Å². The Morgan fingerprint density at radius 1 is 0.479 bits per heavy atom. The third-order valence-corrected chi connectivity index (χ3v) is 15.3. The lowest BCUT2D eigenvalue weighted by atomic mass is 9.70. The van der Waals surface area contributed by atoms with Crippen molar-refractivity contribution in [2.45, 2.75) is 32.1 Å². The van der Waals surface area contributed by atoms with Crippen LogP contribution in [0.1, 0.15) is 52.1 Å². The van der Waals surface area contributed by atoms with Gasteiger partial charge in [-0.15, -0.1) is 0 Å². The van der Waals surface area contributed by atoms with E-state index >= 15 is 0 Å². The van der Waals surface area contributed by atoms with E-state index in [1.807, 2.05) is 60.7 Å². The molecule has 2 atom stereocenters. The molecule has 73 heavy (non-hydrogen) atoms. The molecule has 3 heterocycles. The van der Waals surface area contributed by atoms with Crippen molar-refractivity contribution in [2.75, 3.05) is 0 Å². The summed E-state index contributed by atoms with van der Waals surface area (Å²) >= 11 is 0. The van der Waals surface area contributed by atoms with Crippen LogP contribution in [0.4, 0.5) is 0 Å². The molecule has 0 aliphatic heterocycles. The van der Waals surface area contributed by atoms with Crippen LogP contribution in [0.5, 0.6) is 0 Å². The maximum atomic E-state index is 6.82. The van der Waals surface area contributed by atoms with Crippen molar-refractivity contribution in [3.05, 3.63) is 264 Å². The summed E-state index contributed by atoms with van der Waals surface area (Å²) in [5.74, 6) is 2.02. The number of benzene rings is 10. The molecule has 14 rings (SSSR count). The number of furan rings is 1. The van der Waals surface area contributed by atoms with Crippen molar-refractivity contribution in [2.24, 2.45) is 0 Å². The van der Waals surface area contributed by atoms with Crippen molar-refractivity contribution in [1.29, 1.82) is 0 Å². The molecule has 0 bridgehead atoms. The second-order valence-corrected chi connectivity index (χ2v) is 19.5. The first-order valence-corrected chi connectivity index (χ1v) is 25.3. The van der Waals surface area contributed by atoms with E-state index in [2.05, 4.69) is 188 Å². The minimum absolute atomic E-state index is 0.0807. The van der Waals surface area contributed by atoms with E-state index in [0.717, 1.165) is 45.0 Å². The lowest BCUT2D eigenvalue weighted by molar-refractivity contribution is 0.669. The Morgan fingerprint density at radius 3 is 1.88 bits per heavy atom. The van der Waals surface area contributed by atoms with Crippen LogP contribution in [0.3, 0.4) is 0 Å². The normalized spacial score (nSPS) is 13.6. The Bertz CT molecular complexity index is 4210. The summed E-state index contributed by atoms with van der Waals surface area (Å²) in [4.78, 5) is 15.1. The number of aromatic nitrogens is 4. The molecule has 1 aliphatic rings. The van der Waals surface area contributed by atoms with Crippen LogP contribution in [0, 0.1) is 6.92 Å². The Balaban J connectivity index is 0.897. The molecule has 0 amide bonds. The fraction of sp³-hybridized carbons (Fsp3) is 0.0735. The molecule has 346 valence electrons. The maximum absolute atomic E-state index is 6.82. The van der Waals surface area contributed by atoms with Gasteiger partial charge in [0.25, 0.3) is 0 Å². The summed E-state index contributed by atoms with van der Waals surface area (Å²) in [5.41, 5.74) is 21.0. The Hall–Kier alpha value is -9.19. The fourth-order valence-electron chi connectivity index (χ4n) is 11.8. The number of hydrogen-bond acceptors (Lipinski definition) is 4. The lowest BCUT2D eigenvalue weighted by Gasteiger charge is -2.33. The first-order chi connectivity index (χ1) is 36.0. The molecule has 0 fully saturated rings. The summed E-state index contributed by atoms with van der Waals surface area (Å²) in [7, 11) is 0. The number of nitrogens with zero attached hydrogens (tertiary/aromatic N) is 4. The van der Waals surface area contributed by atoms with Crippen molar-refractivity contribution in [3.8, 4) is 62.1 Å². The van der Waals surface area contributed by atoms with Crippen LogP contribution in [-0.2, 0) is 6.42 Å². The molecule has 0 spiro atoms. The molecular formula is C68H48N4O. The molecule has 0 radical (unpaired) electrons. The fourth-order valence-corrected chi connectivity index (χ4v) is 11.8. The maximum Gasteiger partial charge on any atom is 0.167 e. The van der Waals surface area contributed by atoms with Gasteiger partial charge in [-0.1, -0.05) is 189 Å². The van der Waals surface area contributed by atoms with Gasteiger partial charge in [0.05, 0.1) is 16.6 Å². The van der Waals surface area contributed by atoms with E-state index in [-0.39, 0.29) is 11.8 Å². The number of para-hydroxylation sites is 3. The minimum atomic E-state index is 0.0807. The molecule has 0 saturated heterocycles. The largest absolute Gasteiger partial charge is 0.455 e. The molecule has 5 heteroatoms. The van der Waals surface area contributed by atoms with Crippen molar-refractivity contribution in [1.82, 2.24) is 19.5 Å². The van der Waals surface area contributed by atoms with Crippen LogP contribution in [0.25, 0.3) is 106 Å². The first-order valence-electron chi connectivity index (χ1n) is 25.3. The van der Waals surface area contributed by atoms with Gasteiger partial charge >= 0.3 is 0 Å². The average Bonchev–Trinajstić information content (AvgIpc) is 4.00. The van der Waals surface area contributed by atoms with Crippen molar-refractivity contribution < 1.29 is 4.42 Å². The first kappa shape index (κ1) is 42.7. The molecule has 3 aromatic heterocycles. The van der Waals surface area contributed by atoms with Crippen molar-refractivity contribution in [3.63, 3.8) is 0 Å². The van der Waals surface area contributed by atoms with Gasteiger partial charge in [0.15, 0.2) is 17.5 Å². The monoisotopic (exact) mass is 936 g/mol. The van der Waals surface area contributed by atoms with Gasteiger partial charge in [0.2, 0.25) is 0 Å². The van der Waals surface area contributed by atoms with E-state index in [1.165, 1.54) is 83.1 Å². The van der Waals surface area contributed by atoms with E-state index in [0.29, 0.717) is 17.5 Å².